The van der Waals surface area contributed by atoms with Crippen LogP contribution in [0.3, 0.4) is 0 Å². The molecule has 0 aliphatic carbocycles. The van der Waals surface area contributed by atoms with Gasteiger partial charge in [-0.25, -0.2) is 0 Å². The predicted molar refractivity (Wildman–Crippen MR) is 44.1 cm³/mol. The van der Waals surface area contributed by atoms with Crippen LogP contribution in [-0.2, 0) is 4.84 Å². The lowest BCUT2D eigenvalue weighted by atomic mass is 10.1. The van der Waals surface area contributed by atoms with Crippen LogP contribution in [0.1, 0.15) is 33.6 Å². The molecule has 0 amide bonds. The van der Waals surface area contributed by atoms with Crippen LogP contribution in [-0.4, -0.2) is 18.3 Å². The molecule has 0 saturated carbocycles. The summed E-state index contributed by atoms with van der Waals surface area (Å²) in [6, 6.07) is 0. The van der Waals surface area contributed by atoms with E-state index in [0.717, 1.165) is 0 Å². The summed E-state index contributed by atoms with van der Waals surface area (Å²) in [6.45, 7) is 5.70. The van der Waals surface area contributed by atoms with Crippen molar-refractivity contribution in [3.63, 3.8) is 0 Å². The van der Waals surface area contributed by atoms with Gasteiger partial charge in [0.15, 0.2) is 0 Å². The van der Waals surface area contributed by atoms with Crippen LogP contribution < -0.4 is 5.48 Å². The minimum Gasteiger partial charge on any atom is -0.301 e. The van der Waals surface area contributed by atoms with Crippen molar-refractivity contribution in [2.75, 3.05) is 6.61 Å². The second kappa shape index (κ2) is 4.81. The maximum Gasteiger partial charge on any atom is 0.389 e. The molecule has 13 heavy (non-hydrogen) atoms. The van der Waals surface area contributed by atoms with Crippen molar-refractivity contribution in [1.82, 2.24) is 5.48 Å². The minimum atomic E-state index is -4.08. The van der Waals surface area contributed by atoms with Crippen LogP contribution >= 0.6 is 0 Å². The van der Waals surface area contributed by atoms with Crippen LogP contribution in [0.15, 0.2) is 0 Å². The number of hydroxylamine groups is 1. The van der Waals surface area contributed by atoms with Crippen molar-refractivity contribution in [3.8, 4) is 0 Å². The molecule has 0 aliphatic rings. The molecule has 0 saturated heterocycles. The summed E-state index contributed by atoms with van der Waals surface area (Å²) in [5.41, 5.74) is 2.42. The van der Waals surface area contributed by atoms with Gasteiger partial charge in [0, 0.05) is 12.0 Å². The van der Waals surface area contributed by atoms with E-state index in [2.05, 4.69) is 5.48 Å². The van der Waals surface area contributed by atoms with E-state index in [4.69, 9.17) is 4.84 Å². The molecule has 0 heterocycles. The molecule has 80 valence electrons. The van der Waals surface area contributed by atoms with E-state index in [1.54, 1.807) is 0 Å². The molecule has 0 spiro atoms. The fraction of sp³-hybridized carbons (Fsp3) is 1.00. The lowest BCUT2D eigenvalue weighted by Gasteiger charge is -2.19. The Labute approximate surface area is 76.4 Å². The van der Waals surface area contributed by atoms with Crippen LogP contribution in [0, 0.1) is 0 Å². The van der Waals surface area contributed by atoms with Gasteiger partial charge in [-0.05, 0) is 27.2 Å². The van der Waals surface area contributed by atoms with Gasteiger partial charge in [0.05, 0.1) is 6.61 Å². The van der Waals surface area contributed by atoms with Gasteiger partial charge in [-0.3, -0.25) is 0 Å². The molecule has 5 heteroatoms. The Kier molecular flexibility index (Phi) is 4.70. The van der Waals surface area contributed by atoms with E-state index in [0.29, 0.717) is 0 Å². The molecular formula is C8H16F3NO. The van der Waals surface area contributed by atoms with Gasteiger partial charge >= 0.3 is 6.18 Å². The fourth-order valence-electron chi connectivity index (χ4n) is 0.612. The Balaban J connectivity index is 3.28. The number of alkyl halides is 3. The van der Waals surface area contributed by atoms with Crippen LogP contribution in [0.5, 0.6) is 0 Å². The number of halogens is 3. The molecule has 0 unspecified atom stereocenters. The third-order valence-electron chi connectivity index (χ3n) is 1.09. The molecule has 0 fully saturated rings. The Morgan fingerprint density at radius 1 is 1.15 bits per heavy atom. The Morgan fingerprint density at radius 2 is 1.69 bits per heavy atom. The van der Waals surface area contributed by atoms with Gasteiger partial charge in [0.1, 0.15) is 0 Å². The maximum atomic E-state index is 11.6. The molecule has 0 aliphatic heterocycles. The third kappa shape index (κ3) is 11.7. The highest BCUT2D eigenvalue weighted by Crippen LogP contribution is 2.20. The molecule has 0 rings (SSSR count). The first-order valence-corrected chi connectivity index (χ1v) is 4.16. The fourth-order valence-corrected chi connectivity index (χ4v) is 0.612. The highest BCUT2D eigenvalue weighted by molar-refractivity contribution is 4.63. The van der Waals surface area contributed by atoms with E-state index in [9.17, 15) is 13.2 Å². The van der Waals surface area contributed by atoms with Crippen molar-refractivity contribution in [3.05, 3.63) is 0 Å². The molecule has 0 aromatic rings. The van der Waals surface area contributed by atoms with Crippen molar-refractivity contribution < 1.29 is 18.0 Å². The summed E-state index contributed by atoms with van der Waals surface area (Å²) in [6.07, 6.45) is -4.88. The number of hydrogen-bond acceptors (Lipinski definition) is 2. The molecule has 0 atom stereocenters. The number of hydrogen-bond donors (Lipinski definition) is 1. The van der Waals surface area contributed by atoms with Crippen molar-refractivity contribution in [2.45, 2.75) is 45.3 Å². The third-order valence-corrected chi connectivity index (χ3v) is 1.09. The monoisotopic (exact) mass is 199 g/mol. The molecule has 0 radical (unpaired) electrons. The van der Waals surface area contributed by atoms with E-state index in [1.165, 1.54) is 0 Å². The summed E-state index contributed by atoms with van der Waals surface area (Å²) in [4.78, 5) is 4.84. The van der Waals surface area contributed by atoms with Gasteiger partial charge in [0.25, 0.3) is 0 Å². The standard InChI is InChI=1S/C8H16F3NO/c1-7(2,3)12-13-6-4-5-8(9,10)11/h12H,4-6H2,1-3H3. The lowest BCUT2D eigenvalue weighted by molar-refractivity contribution is -0.140. The van der Waals surface area contributed by atoms with Crippen molar-refractivity contribution in [1.29, 1.82) is 0 Å². The second-order valence-electron chi connectivity index (χ2n) is 3.92. The summed E-state index contributed by atoms with van der Waals surface area (Å²) in [5.74, 6) is 0. The largest absolute Gasteiger partial charge is 0.389 e. The zero-order chi connectivity index (χ0) is 10.5. The van der Waals surface area contributed by atoms with E-state index < -0.39 is 12.6 Å². The normalized spacial score (nSPS) is 13.4. The number of rotatable bonds is 4. The quantitative estimate of drug-likeness (QED) is 0.555. The number of nitrogens with one attached hydrogen (secondary N) is 1. The summed E-state index contributed by atoms with van der Waals surface area (Å²) < 4.78 is 34.9. The minimum absolute atomic E-state index is 0.00736. The zero-order valence-electron chi connectivity index (χ0n) is 8.16. The van der Waals surface area contributed by atoms with Gasteiger partial charge in [-0.15, -0.1) is 0 Å². The van der Waals surface area contributed by atoms with Crippen molar-refractivity contribution in [2.24, 2.45) is 0 Å². The molecule has 0 aromatic heterocycles. The summed E-state index contributed by atoms with van der Waals surface area (Å²) in [7, 11) is 0. The Morgan fingerprint density at radius 3 is 2.08 bits per heavy atom. The SMILES string of the molecule is CC(C)(C)NOCCCC(F)(F)F. The predicted octanol–water partition coefficient (Wildman–Crippen LogP) is 2.65. The first-order chi connectivity index (χ1) is 5.71. The zero-order valence-corrected chi connectivity index (χ0v) is 8.16. The summed E-state index contributed by atoms with van der Waals surface area (Å²) in [5, 5.41) is 0. The molecular weight excluding hydrogens is 183 g/mol. The topological polar surface area (TPSA) is 21.3 Å². The smallest absolute Gasteiger partial charge is 0.301 e. The first-order valence-electron chi connectivity index (χ1n) is 4.16. The van der Waals surface area contributed by atoms with Gasteiger partial charge in [-0.1, -0.05) is 0 Å². The van der Waals surface area contributed by atoms with Crippen LogP contribution in [0.25, 0.3) is 0 Å². The Bertz CT molecular complexity index is 123. The molecule has 2 nitrogen and oxygen atoms in total. The van der Waals surface area contributed by atoms with Gasteiger partial charge < -0.3 is 4.84 Å². The molecule has 0 aromatic carbocycles. The van der Waals surface area contributed by atoms with E-state index in [1.807, 2.05) is 20.8 Å². The molecule has 1 N–H and O–H groups in total. The second-order valence-corrected chi connectivity index (χ2v) is 3.92. The highest BCUT2D eigenvalue weighted by Gasteiger charge is 2.26. The van der Waals surface area contributed by atoms with E-state index >= 15 is 0 Å². The first kappa shape index (κ1) is 12.7. The Hall–Kier alpha value is -0.290. The summed E-state index contributed by atoms with van der Waals surface area (Å²) >= 11 is 0. The van der Waals surface area contributed by atoms with Crippen LogP contribution in [0.2, 0.25) is 0 Å². The average molecular weight is 199 g/mol. The highest BCUT2D eigenvalue weighted by atomic mass is 19.4. The van der Waals surface area contributed by atoms with E-state index in [-0.39, 0.29) is 18.6 Å². The van der Waals surface area contributed by atoms with Crippen molar-refractivity contribution >= 4 is 0 Å². The maximum absolute atomic E-state index is 11.6. The lowest BCUT2D eigenvalue weighted by Crippen LogP contribution is -2.36. The van der Waals surface area contributed by atoms with Gasteiger partial charge in [-0.2, -0.15) is 18.7 Å². The average Bonchev–Trinajstić information content (AvgIpc) is 1.81. The molecule has 0 bridgehead atoms. The van der Waals surface area contributed by atoms with Gasteiger partial charge in [0.2, 0.25) is 0 Å². The van der Waals surface area contributed by atoms with Crippen LogP contribution in [0.4, 0.5) is 13.2 Å².